The maximum absolute atomic E-state index is 13.7. The lowest BCUT2D eigenvalue weighted by atomic mass is 9.92. The summed E-state index contributed by atoms with van der Waals surface area (Å²) in [7, 11) is -3.75. The van der Waals surface area contributed by atoms with Crippen LogP contribution in [0.3, 0.4) is 0 Å². The van der Waals surface area contributed by atoms with Gasteiger partial charge >= 0.3 is 6.03 Å². The predicted molar refractivity (Wildman–Crippen MR) is 109 cm³/mol. The number of carbonyl (C=O) groups excluding carboxylic acids is 2. The zero-order valence-corrected chi connectivity index (χ0v) is 18.0. The second kappa shape index (κ2) is 8.23. The van der Waals surface area contributed by atoms with Crippen molar-refractivity contribution in [3.63, 3.8) is 0 Å². The van der Waals surface area contributed by atoms with Crippen molar-refractivity contribution in [2.45, 2.75) is 23.9 Å². The fourth-order valence-corrected chi connectivity index (χ4v) is 5.25. The largest absolute Gasteiger partial charge is 0.379 e. The Morgan fingerprint density at radius 3 is 2.47 bits per heavy atom. The average molecular weight is 465 g/mol. The van der Waals surface area contributed by atoms with Gasteiger partial charge in [0.2, 0.25) is 10.0 Å². The summed E-state index contributed by atoms with van der Waals surface area (Å²) in [5.41, 5.74) is -1.05. The Labute approximate surface area is 183 Å². The molecule has 2 fully saturated rings. The standard InChI is InChI=1S/C21H21F2N3O5S/c1-21(15-5-6-17(22)18(23)12-15)19(27)26(20(28)24-21)13-14-3-2-4-16(11-14)32(29,30)25-7-9-31-10-8-25/h2-6,11-12H,7-10,13H2,1H3,(H,24,28)/t21-/m0/s1. The average Bonchev–Trinajstić information content (AvgIpc) is 3.00. The number of imide groups is 1. The van der Waals surface area contributed by atoms with E-state index in [1.807, 2.05) is 0 Å². The smallest absolute Gasteiger partial charge is 0.325 e. The second-order valence-corrected chi connectivity index (χ2v) is 9.68. The van der Waals surface area contributed by atoms with Gasteiger partial charge in [-0.05, 0) is 42.3 Å². The summed E-state index contributed by atoms with van der Waals surface area (Å²) >= 11 is 0. The summed E-state index contributed by atoms with van der Waals surface area (Å²) in [6.07, 6.45) is 0. The van der Waals surface area contributed by atoms with Crippen LogP contribution in [-0.2, 0) is 31.6 Å². The van der Waals surface area contributed by atoms with Gasteiger partial charge in [0.15, 0.2) is 11.6 Å². The topological polar surface area (TPSA) is 96.0 Å². The van der Waals surface area contributed by atoms with E-state index in [4.69, 9.17) is 4.74 Å². The van der Waals surface area contributed by atoms with Crippen molar-refractivity contribution in [3.05, 3.63) is 65.2 Å². The monoisotopic (exact) mass is 465 g/mol. The van der Waals surface area contributed by atoms with E-state index in [9.17, 15) is 26.8 Å². The Kier molecular flexibility index (Phi) is 5.74. The number of hydrogen-bond donors (Lipinski definition) is 1. The van der Waals surface area contributed by atoms with Gasteiger partial charge in [-0.2, -0.15) is 4.31 Å². The molecule has 2 aromatic carbocycles. The van der Waals surface area contributed by atoms with Gasteiger partial charge in [-0.25, -0.2) is 22.0 Å². The van der Waals surface area contributed by atoms with Gasteiger partial charge < -0.3 is 10.1 Å². The summed E-state index contributed by atoms with van der Waals surface area (Å²) in [6.45, 7) is 2.32. The quantitative estimate of drug-likeness (QED) is 0.681. The van der Waals surface area contributed by atoms with Gasteiger partial charge in [0.25, 0.3) is 5.91 Å². The van der Waals surface area contributed by atoms with Crippen LogP contribution in [0.4, 0.5) is 13.6 Å². The van der Waals surface area contributed by atoms with E-state index < -0.39 is 39.1 Å². The van der Waals surface area contributed by atoms with Gasteiger partial charge in [-0.1, -0.05) is 18.2 Å². The molecule has 0 aliphatic carbocycles. The molecule has 32 heavy (non-hydrogen) atoms. The van der Waals surface area contributed by atoms with E-state index in [0.717, 1.165) is 17.0 Å². The molecule has 3 amide bonds. The first kappa shape index (κ1) is 22.3. The molecule has 8 nitrogen and oxygen atoms in total. The van der Waals surface area contributed by atoms with Crippen LogP contribution in [-0.4, -0.2) is 55.9 Å². The van der Waals surface area contributed by atoms with Gasteiger partial charge in [0.05, 0.1) is 24.7 Å². The summed E-state index contributed by atoms with van der Waals surface area (Å²) in [5, 5.41) is 2.52. The molecule has 0 saturated carbocycles. The second-order valence-electron chi connectivity index (χ2n) is 7.74. The zero-order valence-electron chi connectivity index (χ0n) is 17.2. The Hall–Kier alpha value is -2.89. The van der Waals surface area contributed by atoms with Crippen LogP contribution in [0.15, 0.2) is 47.4 Å². The fraction of sp³-hybridized carbons (Fsp3) is 0.333. The number of halogens is 2. The molecule has 11 heteroatoms. The maximum Gasteiger partial charge on any atom is 0.325 e. The van der Waals surface area contributed by atoms with Crippen LogP contribution < -0.4 is 5.32 Å². The molecule has 0 bridgehead atoms. The van der Waals surface area contributed by atoms with Crippen molar-refractivity contribution in [3.8, 4) is 0 Å². The highest BCUT2D eigenvalue weighted by Gasteiger charge is 2.49. The van der Waals surface area contributed by atoms with Crippen LogP contribution >= 0.6 is 0 Å². The SMILES string of the molecule is C[C@@]1(c2ccc(F)c(F)c2)NC(=O)N(Cc2cccc(S(=O)(=O)N3CCOCC3)c2)C1=O. The van der Waals surface area contributed by atoms with E-state index in [-0.39, 0.29) is 30.1 Å². The van der Waals surface area contributed by atoms with Crippen molar-refractivity contribution in [2.24, 2.45) is 0 Å². The number of rotatable bonds is 5. The molecule has 0 spiro atoms. The van der Waals surface area contributed by atoms with Crippen molar-refractivity contribution in [2.75, 3.05) is 26.3 Å². The van der Waals surface area contributed by atoms with Crippen LogP contribution in [0.5, 0.6) is 0 Å². The number of nitrogens with zero attached hydrogens (tertiary/aromatic N) is 2. The number of ether oxygens (including phenoxy) is 1. The molecule has 170 valence electrons. The molecule has 2 aromatic rings. The highest BCUT2D eigenvalue weighted by atomic mass is 32.2. The van der Waals surface area contributed by atoms with Crippen LogP contribution in [0.25, 0.3) is 0 Å². The lowest BCUT2D eigenvalue weighted by molar-refractivity contribution is -0.131. The normalized spacial score (nSPS) is 22.3. The maximum atomic E-state index is 13.7. The van der Waals surface area contributed by atoms with Crippen molar-refractivity contribution in [1.29, 1.82) is 0 Å². The van der Waals surface area contributed by atoms with E-state index in [0.29, 0.717) is 18.8 Å². The number of nitrogens with one attached hydrogen (secondary N) is 1. The highest BCUT2D eigenvalue weighted by Crippen LogP contribution is 2.31. The molecule has 0 aromatic heterocycles. The molecule has 2 heterocycles. The van der Waals surface area contributed by atoms with Crippen LogP contribution in [0.2, 0.25) is 0 Å². The lowest BCUT2D eigenvalue weighted by Gasteiger charge is -2.26. The Bertz CT molecular complexity index is 1180. The summed E-state index contributed by atoms with van der Waals surface area (Å²) < 4.78 is 59.3. The Morgan fingerprint density at radius 1 is 1.06 bits per heavy atom. The van der Waals surface area contributed by atoms with E-state index in [2.05, 4.69) is 5.32 Å². The van der Waals surface area contributed by atoms with Crippen LogP contribution in [0, 0.1) is 11.6 Å². The van der Waals surface area contributed by atoms with E-state index in [1.165, 1.54) is 35.5 Å². The van der Waals surface area contributed by atoms with E-state index >= 15 is 0 Å². The first-order valence-corrected chi connectivity index (χ1v) is 11.3. The minimum absolute atomic E-state index is 0.0484. The minimum atomic E-state index is -3.75. The van der Waals surface area contributed by atoms with Crippen molar-refractivity contribution >= 4 is 22.0 Å². The third kappa shape index (κ3) is 3.87. The summed E-state index contributed by atoms with van der Waals surface area (Å²) in [4.78, 5) is 26.6. The van der Waals surface area contributed by atoms with Crippen LogP contribution in [0.1, 0.15) is 18.1 Å². The highest BCUT2D eigenvalue weighted by molar-refractivity contribution is 7.89. The zero-order chi connectivity index (χ0) is 23.1. The van der Waals surface area contributed by atoms with Gasteiger partial charge in [0, 0.05) is 13.1 Å². The number of morpholine rings is 1. The molecular formula is C21H21F2N3O5S. The molecule has 1 atom stereocenters. The predicted octanol–water partition coefficient (Wildman–Crippen LogP) is 1.95. The molecule has 2 aliphatic rings. The number of amides is 3. The number of hydrogen-bond acceptors (Lipinski definition) is 5. The molecule has 4 rings (SSSR count). The van der Waals surface area contributed by atoms with E-state index in [1.54, 1.807) is 6.07 Å². The fourth-order valence-electron chi connectivity index (χ4n) is 3.77. The third-order valence-corrected chi connectivity index (χ3v) is 7.51. The molecule has 1 N–H and O–H groups in total. The molecule has 2 saturated heterocycles. The lowest BCUT2D eigenvalue weighted by Crippen LogP contribution is -2.41. The number of urea groups is 1. The Balaban J connectivity index is 1.58. The number of sulfonamides is 1. The summed E-state index contributed by atoms with van der Waals surface area (Å²) in [6, 6.07) is 8.27. The van der Waals surface area contributed by atoms with Crippen molar-refractivity contribution < 1.29 is 31.5 Å². The van der Waals surface area contributed by atoms with Gasteiger partial charge in [-0.15, -0.1) is 0 Å². The van der Waals surface area contributed by atoms with Crippen molar-refractivity contribution in [1.82, 2.24) is 14.5 Å². The Morgan fingerprint density at radius 2 is 1.78 bits per heavy atom. The first-order valence-electron chi connectivity index (χ1n) is 9.89. The van der Waals surface area contributed by atoms with Gasteiger partial charge in [-0.3, -0.25) is 9.69 Å². The first-order chi connectivity index (χ1) is 15.1. The summed E-state index contributed by atoms with van der Waals surface area (Å²) in [5.74, 6) is -2.86. The molecule has 0 radical (unpaired) electrons. The molecular weight excluding hydrogens is 444 g/mol. The number of benzene rings is 2. The molecule has 0 unspecified atom stereocenters. The third-order valence-electron chi connectivity index (χ3n) is 5.62. The minimum Gasteiger partial charge on any atom is -0.379 e. The van der Waals surface area contributed by atoms with Gasteiger partial charge in [0.1, 0.15) is 5.54 Å². The number of carbonyl (C=O) groups is 2. The molecule has 2 aliphatic heterocycles.